The van der Waals surface area contributed by atoms with Crippen molar-refractivity contribution < 1.29 is 4.39 Å². The molecule has 0 bridgehead atoms. The third kappa shape index (κ3) is 7.03. The summed E-state index contributed by atoms with van der Waals surface area (Å²) in [7, 11) is 0. The van der Waals surface area contributed by atoms with Crippen molar-refractivity contribution >= 4 is 39.2 Å². The normalized spacial score (nSPS) is 11.6. The number of nitrogens with one attached hydrogen (secondary N) is 2. The predicted molar refractivity (Wildman–Crippen MR) is 236 cm³/mol. The Bertz CT molecular complexity index is 2880. The lowest BCUT2D eigenvalue weighted by atomic mass is 9.97. The van der Waals surface area contributed by atoms with E-state index < -0.39 is 0 Å². The minimum atomic E-state index is -0.364. The number of aliphatic imine (C=N–C) groups is 1. The number of amidine groups is 2. The number of anilines is 1. The number of para-hydroxylation sites is 1. The summed E-state index contributed by atoms with van der Waals surface area (Å²) in [5, 5.41) is 15.3. The number of fused-ring (bicyclic) bond motifs is 3. The maximum Gasteiger partial charge on any atom is 0.154 e. The van der Waals surface area contributed by atoms with Crippen LogP contribution in [0.4, 0.5) is 10.1 Å². The van der Waals surface area contributed by atoms with E-state index >= 15 is 4.39 Å². The van der Waals surface area contributed by atoms with Crippen molar-refractivity contribution in [2.24, 2.45) is 4.99 Å². The summed E-state index contributed by atoms with van der Waals surface area (Å²) >= 11 is 0. The highest BCUT2D eigenvalue weighted by molar-refractivity contribution is 6.17. The molecule has 4 nitrogen and oxygen atoms in total. The minimum absolute atomic E-state index is 0.000876. The molecule has 0 aliphatic heterocycles. The number of hydrogen-bond donors (Lipinski definition) is 2. The second-order valence-electron chi connectivity index (χ2n) is 14.4. The lowest BCUT2D eigenvalue weighted by Crippen LogP contribution is -2.16. The molecular weight excluding hydrogens is 700 g/mol. The average molecular weight is 739 g/mol. The SMILES string of the molecule is Cc1cccc(-c2ccc3c4ccc(-c5cccc(C)c5)cc4n(-c4ccc(-c5ccccc5F)c(C(=N)N=C(Nc5ccccc5)c5ccccc5)c4)c3c2)c1. The van der Waals surface area contributed by atoms with Gasteiger partial charge >= 0.3 is 0 Å². The van der Waals surface area contributed by atoms with Crippen LogP contribution in [-0.4, -0.2) is 16.2 Å². The molecule has 1 heterocycles. The zero-order valence-electron chi connectivity index (χ0n) is 31.7. The molecule has 8 aromatic carbocycles. The van der Waals surface area contributed by atoms with Crippen molar-refractivity contribution in [2.45, 2.75) is 13.8 Å². The number of halogens is 1. The Morgan fingerprint density at radius 1 is 0.526 bits per heavy atom. The van der Waals surface area contributed by atoms with Crippen molar-refractivity contribution in [1.29, 1.82) is 5.41 Å². The maximum atomic E-state index is 15.7. The van der Waals surface area contributed by atoms with Crippen LogP contribution >= 0.6 is 0 Å². The highest BCUT2D eigenvalue weighted by Crippen LogP contribution is 2.39. The fraction of sp³-hybridized carbons (Fsp3) is 0.0385. The molecule has 2 N–H and O–H groups in total. The smallest absolute Gasteiger partial charge is 0.154 e. The fourth-order valence-electron chi connectivity index (χ4n) is 7.68. The zero-order chi connectivity index (χ0) is 38.9. The van der Waals surface area contributed by atoms with E-state index in [0.29, 0.717) is 22.5 Å². The zero-order valence-corrected chi connectivity index (χ0v) is 31.7. The number of aryl methyl sites for hydroxylation is 2. The Hall–Kier alpha value is -7.37. The van der Waals surface area contributed by atoms with Crippen LogP contribution < -0.4 is 5.32 Å². The van der Waals surface area contributed by atoms with E-state index in [1.807, 2.05) is 84.9 Å². The molecule has 0 aliphatic carbocycles. The molecule has 57 heavy (non-hydrogen) atoms. The van der Waals surface area contributed by atoms with E-state index in [2.05, 4.69) is 109 Å². The molecule has 9 aromatic rings. The Morgan fingerprint density at radius 2 is 1.09 bits per heavy atom. The summed E-state index contributed by atoms with van der Waals surface area (Å²) in [6, 6.07) is 62.6. The first-order valence-electron chi connectivity index (χ1n) is 19.1. The quantitative estimate of drug-likeness (QED) is 0.124. The van der Waals surface area contributed by atoms with Gasteiger partial charge in [-0.1, -0.05) is 157 Å². The van der Waals surface area contributed by atoms with E-state index in [4.69, 9.17) is 4.99 Å². The van der Waals surface area contributed by atoms with E-state index in [0.717, 1.165) is 61.0 Å². The summed E-state index contributed by atoms with van der Waals surface area (Å²) < 4.78 is 17.9. The highest BCUT2D eigenvalue weighted by atomic mass is 19.1. The van der Waals surface area contributed by atoms with Crippen LogP contribution in [0.15, 0.2) is 193 Å². The van der Waals surface area contributed by atoms with Gasteiger partial charge in [-0.2, -0.15) is 0 Å². The van der Waals surface area contributed by atoms with Gasteiger partial charge in [0.05, 0.1) is 11.0 Å². The van der Waals surface area contributed by atoms with Gasteiger partial charge in [0.2, 0.25) is 0 Å². The van der Waals surface area contributed by atoms with Crippen molar-refractivity contribution in [3.63, 3.8) is 0 Å². The molecule has 0 aliphatic rings. The molecule has 274 valence electrons. The van der Waals surface area contributed by atoms with Crippen LogP contribution in [0.5, 0.6) is 0 Å². The summed E-state index contributed by atoms with van der Waals surface area (Å²) in [4.78, 5) is 4.96. The standard InChI is InChI=1S/C52H39FN4/c1-34-13-11-17-37(29-34)39-23-26-45-46-27-24-40(38-18-12-14-35(2)30-38)32-50(46)57(49(45)31-39)42-25-28-43(44-21-9-10-22-48(44)53)47(33-42)51(54)56-52(36-15-5-3-6-16-36)55-41-19-7-4-8-20-41/h3-33H,1-2H3,(H2,54,55,56). The third-order valence-corrected chi connectivity index (χ3v) is 10.5. The molecule has 9 rings (SSSR count). The second-order valence-corrected chi connectivity index (χ2v) is 14.4. The van der Waals surface area contributed by atoms with Crippen LogP contribution in [0.1, 0.15) is 22.3 Å². The summed E-state index contributed by atoms with van der Waals surface area (Å²) in [5.74, 6) is 0.148. The van der Waals surface area contributed by atoms with E-state index in [1.54, 1.807) is 12.1 Å². The van der Waals surface area contributed by atoms with Crippen LogP contribution in [0.3, 0.4) is 0 Å². The molecule has 0 saturated heterocycles. The summed E-state index contributed by atoms with van der Waals surface area (Å²) in [5.41, 5.74) is 12.9. The molecular formula is C52H39FN4. The summed E-state index contributed by atoms with van der Waals surface area (Å²) in [6.45, 7) is 4.22. The fourth-order valence-corrected chi connectivity index (χ4v) is 7.68. The average Bonchev–Trinajstić information content (AvgIpc) is 3.57. The van der Waals surface area contributed by atoms with Gasteiger partial charge in [0.15, 0.2) is 5.84 Å². The van der Waals surface area contributed by atoms with E-state index in [1.165, 1.54) is 17.2 Å². The molecule has 0 amide bonds. The van der Waals surface area contributed by atoms with Gasteiger partial charge in [0.1, 0.15) is 11.7 Å². The molecule has 0 spiro atoms. The molecule has 0 radical (unpaired) electrons. The topological polar surface area (TPSA) is 53.2 Å². The monoisotopic (exact) mass is 738 g/mol. The van der Waals surface area contributed by atoms with Gasteiger partial charge in [-0.05, 0) is 84.1 Å². The largest absolute Gasteiger partial charge is 0.340 e. The first kappa shape index (κ1) is 35.3. The van der Waals surface area contributed by atoms with Crippen LogP contribution in [0.25, 0.3) is 60.9 Å². The van der Waals surface area contributed by atoms with E-state index in [-0.39, 0.29) is 11.7 Å². The lowest BCUT2D eigenvalue weighted by Gasteiger charge is -2.16. The van der Waals surface area contributed by atoms with Gasteiger partial charge < -0.3 is 9.88 Å². The lowest BCUT2D eigenvalue weighted by molar-refractivity contribution is 0.631. The van der Waals surface area contributed by atoms with Crippen molar-refractivity contribution in [1.82, 2.24) is 4.57 Å². The number of rotatable bonds is 7. The predicted octanol–water partition coefficient (Wildman–Crippen LogP) is 13.4. The van der Waals surface area contributed by atoms with Crippen molar-refractivity contribution in [2.75, 3.05) is 5.32 Å². The second kappa shape index (κ2) is 15.0. The number of hydrogen-bond acceptors (Lipinski definition) is 1. The van der Waals surface area contributed by atoms with Crippen LogP contribution in [0.2, 0.25) is 0 Å². The molecule has 0 atom stereocenters. The van der Waals surface area contributed by atoms with Gasteiger partial charge in [-0.25, -0.2) is 9.38 Å². The number of aromatic nitrogens is 1. The van der Waals surface area contributed by atoms with Crippen LogP contribution in [0, 0.1) is 25.1 Å². The number of benzene rings is 8. The van der Waals surface area contributed by atoms with Gasteiger partial charge in [-0.3, -0.25) is 5.41 Å². The molecule has 0 saturated carbocycles. The minimum Gasteiger partial charge on any atom is -0.340 e. The Labute approximate surface area is 331 Å². The van der Waals surface area contributed by atoms with Crippen molar-refractivity contribution in [3.05, 3.63) is 216 Å². The molecule has 0 fully saturated rings. The van der Waals surface area contributed by atoms with Crippen molar-refractivity contribution in [3.8, 4) is 39.1 Å². The molecule has 1 aromatic heterocycles. The Balaban J connectivity index is 1.29. The van der Waals surface area contributed by atoms with Crippen LogP contribution in [-0.2, 0) is 0 Å². The highest BCUT2D eigenvalue weighted by Gasteiger charge is 2.20. The van der Waals surface area contributed by atoms with Gasteiger partial charge in [0.25, 0.3) is 0 Å². The number of nitrogens with zero attached hydrogens (tertiary/aromatic N) is 2. The molecule has 5 heteroatoms. The maximum absolute atomic E-state index is 15.7. The first-order chi connectivity index (χ1) is 27.9. The first-order valence-corrected chi connectivity index (χ1v) is 19.1. The van der Waals surface area contributed by atoms with E-state index in [9.17, 15) is 5.41 Å². The summed E-state index contributed by atoms with van der Waals surface area (Å²) in [6.07, 6.45) is 0. The Morgan fingerprint density at radius 3 is 1.68 bits per heavy atom. The Kier molecular flexibility index (Phi) is 9.33. The molecule has 0 unspecified atom stereocenters. The third-order valence-electron chi connectivity index (χ3n) is 10.5. The van der Waals surface area contributed by atoms with Gasteiger partial charge in [-0.15, -0.1) is 0 Å². The van der Waals surface area contributed by atoms with Gasteiger partial charge in [0, 0.05) is 38.8 Å².